The predicted octanol–water partition coefficient (Wildman–Crippen LogP) is 4.30. The molecule has 5 unspecified atom stereocenters. The Labute approximate surface area is 150 Å². The molecule has 4 heteroatoms. The Bertz CT molecular complexity index is 657. The van der Waals surface area contributed by atoms with Gasteiger partial charge in [-0.2, -0.15) is 0 Å². The maximum Gasteiger partial charge on any atom is 0.0907 e. The molecule has 0 saturated carbocycles. The second kappa shape index (κ2) is 6.36. The summed E-state index contributed by atoms with van der Waals surface area (Å²) in [6, 6.07) is 6.18. The first-order valence-electron chi connectivity index (χ1n) is 8.69. The van der Waals surface area contributed by atoms with Crippen LogP contribution in [0.25, 0.3) is 0 Å². The molecule has 0 radical (unpaired) electrons. The van der Waals surface area contributed by atoms with Gasteiger partial charge in [0.1, 0.15) is 0 Å². The minimum Gasteiger partial charge on any atom is -0.396 e. The van der Waals surface area contributed by atoms with E-state index in [9.17, 15) is 5.11 Å². The van der Waals surface area contributed by atoms with Crippen molar-refractivity contribution in [2.24, 2.45) is 23.2 Å². The van der Waals surface area contributed by atoms with Crippen LogP contribution in [0.3, 0.4) is 0 Å². The maximum atomic E-state index is 10.1. The van der Waals surface area contributed by atoms with Crippen molar-refractivity contribution < 1.29 is 9.84 Å². The average molecular weight is 350 g/mol. The number of aliphatic hydroxyl groups excluding tert-OH is 1. The normalized spacial score (nSPS) is 35.5. The van der Waals surface area contributed by atoms with Crippen LogP contribution in [0, 0.1) is 23.2 Å². The molecular formula is C20H28ClNO2. The number of hydrogen-bond donors (Lipinski definition) is 1. The number of halogens is 1. The largest absolute Gasteiger partial charge is 0.396 e. The van der Waals surface area contributed by atoms with Crippen molar-refractivity contribution in [1.29, 1.82) is 0 Å². The summed E-state index contributed by atoms with van der Waals surface area (Å²) in [6.07, 6.45) is 2.27. The van der Waals surface area contributed by atoms with E-state index in [0.29, 0.717) is 18.4 Å². The summed E-state index contributed by atoms with van der Waals surface area (Å²) in [5, 5.41) is 10.8. The highest BCUT2D eigenvalue weighted by molar-refractivity contribution is 6.31. The fourth-order valence-corrected chi connectivity index (χ4v) is 4.87. The van der Waals surface area contributed by atoms with Gasteiger partial charge in [0.25, 0.3) is 0 Å². The molecule has 0 aromatic heterocycles. The van der Waals surface area contributed by atoms with Crippen LogP contribution < -0.4 is 4.90 Å². The van der Waals surface area contributed by atoms with Crippen LogP contribution in [-0.4, -0.2) is 32.4 Å². The van der Waals surface area contributed by atoms with E-state index in [-0.39, 0.29) is 24.0 Å². The minimum atomic E-state index is -0.184. The van der Waals surface area contributed by atoms with Crippen molar-refractivity contribution >= 4 is 17.3 Å². The fourth-order valence-electron chi connectivity index (χ4n) is 4.59. The molecule has 1 aliphatic carbocycles. The third kappa shape index (κ3) is 2.58. The predicted molar refractivity (Wildman–Crippen MR) is 99.6 cm³/mol. The molecule has 1 N–H and O–H groups in total. The second-order valence-corrected chi connectivity index (χ2v) is 8.14. The van der Waals surface area contributed by atoms with Gasteiger partial charge in [-0.1, -0.05) is 43.2 Å². The topological polar surface area (TPSA) is 32.7 Å². The Morgan fingerprint density at radius 3 is 2.62 bits per heavy atom. The Morgan fingerprint density at radius 2 is 2.04 bits per heavy atom. The average Bonchev–Trinajstić information content (AvgIpc) is 2.53. The molecule has 132 valence electrons. The summed E-state index contributed by atoms with van der Waals surface area (Å²) < 4.78 is 6.32. The summed E-state index contributed by atoms with van der Waals surface area (Å²) in [5.74, 6) is 0.928. The van der Waals surface area contributed by atoms with Crippen molar-refractivity contribution in [3.8, 4) is 0 Å². The van der Waals surface area contributed by atoms with E-state index in [0.717, 1.165) is 16.3 Å². The van der Waals surface area contributed by atoms with Crippen LogP contribution in [0.4, 0.5) is 5.69 Å². The van der Waals surface area contributed by atoms with Gasteiger partial charge in [-0.15, -0.1) is 0 Å². The van der Waals surface area contributed by atoms with Crippen molar-refractivity contribution in [3.63, 3.8) is 0 Å². The van der Waals surface area contributed by atoms with Crippen LogP contribution >= 0.6 is 11.6 Å². The number of allylic oxidation sites excluding steroid dienone is 1. The summed E-state index contributed by atoms with van der Waals surface area (Å²) >= 11 is 6.60. The number of aliphatic hydroxyl groups is 1. The smallest absolute Gasteiger partial charge is 0.0907 e. The van der Waals surface area contributed by atoms with E-state index in [4.69, 9.17) is 16.3 Å². The Morgan fingerprint density at radius 1 is 1.33 bits per heavy atom. The lowest BCUT2D eigenvalue weighted by Gasteiger charge is -2.55. The van der Waals surface area contributed by atoms with Crippen molar-refractivity contribution in [1.82, 2.24) is 0 Å². The number of ether oxygens (including phenoxy) is 1. The summed E-state index contributed by atoms with van der Waals surface area (Å²) in [6.45, 7) is 7.36. The zero-order valence-electron chi connectivity index (χ0n) is 15.2. The molecule has 1 heterocycles. The number of nitrogens with zero attached hydrogens (tertiary/aromatic N) is 1. The lowest BCUT2D eigenvalue weighted by molar-refractivity contribution is -0.165. The van der Waals surface area contributed by atoms with Crippen molar-refractivity contribution in [2.45, 2.75) is 26.9 Å². The van der Waals surface area contributed by atoms with Gasteiger partial charge >= 0.3 is 0 Å². The zero-order valence-corrected chi connectivity index (χ0v) is 16.0. The highest BCUT2D eigenvalue weighted by Crippen LogP contribution is 2.56. The molecule has 1 saturated heterocycles. The van der Waals surface area contributed by atoms with Gasteiger partial charge in [-0.3, -0.25) is 0 Å². The Balaban J connectivity index is 2.01. The molecule has 2 bridgehead atoms. The van der Waals surface area contributed by atoms with Crippen LogP contribution in [-0.2, 0) is 4.74 Å². The number of benzene rings is 1. The monoisotopic (exact) mass is 349 g/mol. The van der Waals surface area contributed by atoms with E-state index >= 15 is 0 Å². The van der Waals surface area contributed by atoms with Gasteiger partial charge in [0.15, 0.2) is 0 Å². The lowest BCUT2D eigenvalue weighted by Crippen LogP contribution is -2.53. The number of hydrogen-bond acceptors (Lipinski definition) is 3. The number of fused-ring (bicyclic) bond motifs is 2. The van der Waals surface area contributed by atoms with E-state index in [2.05, 4.69) is 39.0 Å². The highest BCUT2D eigenvalue weighted by Gasteiger charge is 2.53. The molecule has 0 amide bonds. The van der Waals surface area contributed by atoms with E-state index in [1.165, 1.54) is 5.57 Å². The van der Waals surface area contributed by atoms with Crippen LogP contribution in [0.1, 0.15) is 32.4 Å². The molecule has 5 atom stereocenters. The molecule has 1 aliphatic heterocycles. The maximum absolute atomic E-state index is 10.1. The first-order chi connectivity index (χ1) is 11.3. The number of anilines is 1. The summed E-state index contributed by atoms with van der Waals surface area (Å²) in [7, 11) is 4.02. The number of rotatable bonds is 3. The van der Waals surface area contributed by atoms with E-state index < -0.39 is 0 Å². The molecular weight excluding hydrogens is 322 g/mol. The standard InChI is InChI=1S/C20H28ClNO2/c1-12-8-13(2)20(10-23)11-24-19(18(12)14(20)3)16-7-6-15(22(4)5)9-17(16)21/h6-9,13-14,18-19,23H,10-11H2,1-5H3. The van der Waals surface area contributed by atoms with Crippen LogP contribution in [0.2, 0.25) is 5.02 Å². The van der Waals surface area contributed by atoms with Gasteiger partial charge < -0.3 is 14.7 Å². The second-order valence-electron chi connectivity index (χ2n) is 7.74. The van der Waals surface area contributed by atoms with Gasteiger partial charge in [0.05, 0.1) is 19.3 Å². The molecule has 3 rings (SSSR count). The molecule has 2 aliphatic rings. The SMILES string of the molecule is CC1=CC(C)C2(CO)COC(c3ccc(N(C)C)cc3Cl)C1C2C. The molecule has 1 aromatic carbocycles. The fraction of sp³-hybridized carbons (Fsp3) is 0.600. The molecule has 1 aromatic rings. The minimum absolute atomic E-state index is 0.0489. The van der Waals surface area contributed by atoms with Gasteiger partial charge in [0.2, 0.25) is 0 Å². The quantitative estimate of drug-likeness (QED) is 0.825. The Kier molecular flexibility index (Phi) is 4.71. The van der Waals surface area contributed by atoms with E-state index in [1.807, 2.05) is 25.1 Å². The lowest BCUT2D eigenvalue weighted by atomic mass is 9.56. The third-order valence-corrected chi connectivity index (χ3v) is 6.68. The van der Waals surface area contributed by atoms with Gasteiger partial charge in [-0.25, -0.2) is 0 Å². The molecule has 1 fully saturated rings. The van der Waals surface area contributed by atoms with Crippen LogP contribution in [0.5, 0.6) is 0 Å². The molecule has 24 heavy (non-hydrogen) atoms. The first kappa shape index (κ1) is 17.8. The highest BCUT2D eigenvalue weighted by atomic mass is 35.5. The van der Waals surface area contributed by atoms with Crippen molar-refractivity contribution in [2.75, 3.05) is 32.2 Å². The summed E-state index contributed by atoms with van der Waals surface area (Å²) in [5.41, 5.74) is 3.29. The van der Waals surface area contributed by atoms with Gasteiger partial charge in [0, 0.05) is 41.7 Å². The van der Waals surface area contributed by atoms with Crippen molar-refractivity contribution in [3.05, 3.63) is 40.4 Å². The van der Waals surface area contributed by atoms with E-state index in [1.54, 1.807) is 0 Å². The molecule has 3 nitrogen and oxygen atoms in total. The van der Waals surface area contributed by atoms with Crippen LogP contribution in [0.15, 0.2) is 29.8 Å². The third-order valence-electron chi connectivity index (χ3n) is 6.35. The Hall–Kier alpha value is -1.03. The van der Waals surface area contributed by atoms with Gasteiger partial charge in [-0.05, 0) is 30.9 Å². The first-order valence-corrected chi connectivity index (χ1v) is 9.07. The molecule has 0 spiro atoms. The summed E-state index contributed by atoms with van der Waals surface area (Å²) in [4.78, 5) is 2.05. The zero-order chi connectivity index (χ0) is 17.6.